The van der Waals surface area contributed by atoms with E-state index in [1.54, 1.807) is 6.08 Å². The predicted molar refractivity (Wildman–Crippen MR) is 97.4 cm³/mol. The zero-order valence-corrected chi connectivity index (χ0v) is 14.4. The molecular weight excluding hydrogens is 330 g/mol. The van der Waals surface area contributed by atoms with E-state index in [4.69, 9.17) is 9.47 Å². The highest BCUT2D eigenvalue weighted by atomic mass is 16.6. The van der Waals surface area contributed by atoms with Crippen LogP contribution in [0.1, 0.15) is 11.1 Å². The molecule has 1 saturated heterocycles. The Balaban J connectivity index is 1.50. The smallest absolute Gasteiger partial charge is 0.417 e. The van der Waals surface area contributed by atoms with Crippen molar-refractivity contribution in [2.24, 2.45) is 0 Å². The molecule has 1 atom stereocenters. The van der Waals surface area contributed by atoms with Crippen molar-refractivity contribution in [2.45, 2.75) is 19.1 Å². The zero-order valence-electron chi connectivity index (χ0n) is 14.4. The number of carbonyl (C=O) groups is 2. The number of amides is 2. The molecule has 2 aromatic carbocycles. The second-order valence-corrected chi connectivity index (χ2v) is 6.03. The SMILES string of the molecule is O=C(C=CCOCc1ccccc1)N1C(=O)OC[C@H]1Cc1ccccc1. The standard InChI is InChI=1S/C21H21NO4/c23-20(12-7-13-25-15-18-10-5-2-6-11-18)22-19(16-26-21(22)24)14-17-8-3-1-4-9-17/h1-12,19H,13-16H2/t19-/m1/s1. The largest absolute Gasteiger partial charge is 0.447 e. The molecule has 0 aromatic heterocycles. The van der Waals surface area contributed by atoms with Crippen LogP contribution in [0.15, 0.2) is 72.8 Å². The van der Waals surface area contributed by atoms with Crippen molar-refractivity contribution in [1.29, 1.82) is 0 Å². The Morgan fingerprint density at radius 3 is 2.42 bits per heavy atom. The molecule has 0 aliphatic carbocycles. The van der Waals surface area contributed by atoms with E-state index in [9.17, 15) is 9.59 Å². The number of benzene rings is 2. The van der Waals surface area contributed by atoms with Crippen LogP contribution in [0.2, 0.25) is 0 Å². The predicted octanol–water partition coefficient (Wildman–Crippen LogP) is 3.35. The molecule has 1 heterocycles. The molecule has 134 valence electrons. The monoisotopic (exact) mass is 351 g/mol. The first-order valence-electron chi connectivity index (χ1n) is 8.56. The summed E-state index contributed by atoms with van der Waals surface area (Å²) in [5.41, 5.74) is 2.13. The third-order valence-electron chi connectivity index (χ3n) is 4.10. The summed E-state index contributed by atoms with van der Waals surface area (Å²) >= 11 is 0. The van der Waals surface area contributed by atoms with E-state index in [-0.39, 0.29) is 18.6 Å². The lowest BCUT2D eigenvalue weighted by molar-refractivity contribution is -0.124. The van der Waals surface area contributed by atoms with Crippen molar-refractivity contribution >= 4 is 12.0 Å². The second kappa shape index (κ2) is 8.97. The Kier molecular flexibility index (Phi) is 6.17. The van der Waals surface area contributed by atoms with Crippen molar-refractivity contribution < 1.29 is 19.1 Å². The van der Waals surface area contributed by atoms with Crippen LogP contribution in [0.25, 0.3) is 0 Å². The average molecular weight is 351 g/mol. The number of carbonyl (C=O) groups excluding carboxylic acids is 2. The molecule has 1 fully saturated rings. The molecule has 2 aromatic rings. The number of imide groups is 1. The summed E-state index contributed by atoms with van der Waals surface area (Å²) in [5.74, 6) is -0.378. The molecule has 26 heavy (non-hydrogen) atoms. The van der Waals surface area contributed by atoms with Gasteiger partial charge in [-0.3, -0.25) is 4.79 Å². The average Bonchev–Trinajstić information content (AvgIpc) is 3.03. The molecule has 3 rings (SSSR count). The number of nitrogens with zero attached hydrogens (tertiary/aromatic N) is 1. The van der Waals surface area contributed by atoms with Gasteiger partial charge in [-0.1, -0.05) is 66.7 Å². The maximum atomic E-state index is 12.4. The Morgan fingerprint density at radius 1 is 1.08 bits per heavy atom. The minimum Gasteiger partial charge on any atom is -0.447 e. The third-order valence-corrected chi connectivity index (χ3v) is 4.10. The second-order valence-electron chi connectivity index (χ2n) is 6.03. The van der Waals surface area contributed by atoms with Crippen LogP contribution < -0.4 is 0 Å². The van der Waals surface area contributed by atoms with Gasteiger partial charge in [0.25, 0.3) is 5.91 Å². The van der Waals surface area contributed by atoms with Crippen molar-refractivity contribution in [3.63, 3.8) is 0 Å². The number of hydrogen-bond acceptors (Lipinski definition) is 4. The summed E-state index contributed by atoms with van der Waals surface area (Å²) in [6.07, 6.45) is 2.98. The van der Waals surface area contributed by atoms with Crippen LogP contribution in [0, 0.1) is 0 Å². The van der Waals surface area contributed by atoms with Gasteiger partial charge in [0.05, 0.1) is 19.3 Å². The van der Waals surface area contributed by atoms with Crippen molar-refractivity contribution in [3.8, 4) is 0 Å². The molecule has 0 radical (unpaired) electrons. The number of ether oxygens (including phenoxy) is 2. The van der Waals surface area contributed by atoms with Gasteiger partial charge in [-0.05, 0) is 17.5 Å². The molecule has 0 unspecified atom stereocenters. The number of cyclic esters (lactones) is 1. The van der Waals surface area contributed by atoms with Crippen LogP contribution in [-0.4, -0.2) is 36.2 Å². The van der Waals surface area contributed by atoms with Gasteiger partial charge in [-0.15, -0.1) is 0 Å². The van der Waals surface area contributed by atoms with E-state index >= 15 is 0 Å². The molecule has 5 nitrogen and oxygen atoms in total. The first kappa shape index (κ1) is 17.9. The van der Waals surface area contributed by atoms with Crippen LogP contribution in [0.5, 0.6) is 0 Å². The summed E-state index contributed by atoms with van der Waals surface area (Å²) < 4.78 is 10.6. The molecule has 5 heteroatoms. The Hall–Kier alpha value is -2.92. The quantitative estimate of drug-likeness (QED) is 0.567. The third kappa shape index (κ3) is 4.80. The first-order valence-corrected chi connectivity index (χ1v) is 8.56. The van der Waals surface area contributed by atoms with E-state index in [0.29, 0.717) is 19.6 Å². The number of rotatable bonds is 7. The highest BCUT2D eigenvalue weighted by molar-refractivity contribution is 5.99. The maximum Gasteiger partial charge on any atom is 0.417 e. The highest BCUT2D eigenvalue weighted by Crippen LogP contribution is 2.17. The summed E-state index contributed by atoms with van der Waals surface area (Å²) in [6.45, 7) is 0.993. The summed E-state index contributed by atoms with van der Waals surface area (Å²) in [7, 11) is 0. The van der Waals surface area contributed by atoms with Gasteiger partial charge in [-0.25, -0.2) is 9.69 Å². The molecular formula is C21H21NO4. The molecule has 2 amide bonds. The Morgan fingerprint density at radius 2 is 1.73 bits per heavy atom. The van der Waals surface area contributed by atoms with Gasteiger partial charge < -0.3 is 9.47 Å². The van der Waals surface area contributed by atoms with Crippen LogP contribution in [0.3, 0.4) is 0 Å². The van der Waals surface area contributed by atoms with Crippen molar-refractivity contribution in [1.82, 2.24) is 4.90 Å². The summed E-state index contributed by atoms with van der Waals surface area (Å²) in [5, 5.41) is 0. The normalized spacial score (nSPS) is 16.8. The lowest BCUT2D eigenvalue weighted by atomic mass is 10.1. The van der Waals surface area contributed by atoms with Crippen LogP contribution >= 0.6 is 0 Å². The van der Waals surface area contributed by atoms with Gasteiger partial charge in [0, 0.05) is 6.08 Å². The van der Waals surface area contributed by atoms with E-state index in [2.05, 4.69) is 0 Å². The topological polar surface area (TPSA) is 55.8 Å². The zero-order chi connectivity index (χ0) is 18.2. The molecule has 0 spiro atoms. The maximum absolute atomic E-state index is 12.4. The lowest BCUT2D eigenvalue weighted by Gasteiger charge is -2.18. The van der Waals surface area contributed by atoms with Gasteiger partial charge in [0.2, 0.25) is 0 Å². The minimum atomic E-state index is -0.592. The molecule has 0 N–H and O–H groups in total. The lowest BCUT2D eigenvalue weighted by Crippen LogP contribution is -2.39. The molecule has 0 bridgehead atoms. The fourth-order valence-corrected chi connectivity index (χ4v) is 2.82. The van der Waals surface area contributed by atoms with Gasteiger partial charge in [0.15, 0.2) is 0 Å². The van der Waals surface area contributed by atoms with Crippen LogP contribution in [0.4, 0.5) is 4.79 Å². The van der Waals surface area contributed by atoms with Gasteiger partial charge >= 0.3 is 6.09 Å². The highest BCUT2D eigenvalue weighted by Gasteiger charge is 2.36. The van der Waals surface area contributed by atoms with Gasteiger partial charge in [-0.2, -0.15) is 0 Å². The fourth-order valence-electron chi connectivity index (χ4n) is 2.82. The summed E-state index contributed by atoms with van der Waals surface area (Å²) in [4.78, 5) is 25.5. The first-order chi connectivity index (χ1) is 12.7. The van der Waals surface area contributed by atoms with Crippen molar-refractivity contribution in [3.05, 3.63) is 83.9 Å². The Labute approximate surface area is 152 Å². The van der Waals surface area contributed by atoms with E-state index in [1.807, 2.05) is 60.7 Å². The molecule has 1 aliphatic heterocycles. The minimum absolute atomic E-state index is 0.220. The summed E-state index contributed by atoms with van der Waals surface area (Å²) in [6, 6.07) is 19.3. The molecule has 1 aliphatic rings. The number of hydrogen-bond donors (Lipinski definition) is 0. The Bertz CT molecular complexity index is 758. The molecule has 0 saturated carbocycles. The van der Waals surface area contributed by atoms with Crippen LogP contribution in [-0.2, 0) is 27.3 Å². The van der Waals surface area contributed by atoms with E-state index in [1.165, 1.54) is 11.0 Å². The van der Waals surface area contributed by atoms with Crippen molar-refractivity contribution in [2.75, 3.05) is 13.2 Å². The van der Waals surface area contributed by atoms with E-state index < -0.39 is 6.09 Å². The van der Waals surface area contributed by atoms with E-state index in [0.717, 1.165) is 11.1 Å². The fraction of sp³-hybridized carbons (Fsp3) is 0.238. The van der Waals surface area contributed by atoms with Gasteiger partial charge in [0.1, 0.15) is 6.61 Å².